The van der Waals surface area contributed by atoms with Crippen LogP contribution in [0.1, 0.15) is 36.1 Å². The van der Waals surface area contributed by atoms with E-state index in [1.165, 1.54) is 0 Å². The third-order valence-corrected chi connectivity index (χ3v) is 8.98. The molecule has 0 saturated carbocycles. The van der Waals surface area contributed by atoms with Crippen LogP contribution in [0, 0.1) is 13.8 Å². The first-order valence-electron chi connectivity index (χ1n) is 13.1. The average molecular weight is 840 g/mol. The van der Waals surface area contributed by atoms with E-state index in [2.05, 4.69) is 77.6 Å². The summed E-state index contributed by atoms with van der Waals surface area (Å²) in [6.45, 7) is 7.63. The SMILES string of the molecule is Cc1ccc(OCC(=O)Oc2c(Br)cc(C(C)(C)c3cc(Br)c(OC(=O)COc4ccc(C)cc4)c(Br)c3)cc2Br)cc1. The van der Waals surface area contributed by atoms with Gasteiger partial charge in [-0.2, -0.15) is 0 Å². The van der Waals surface area contributed by atoms with Crippen molar-refractivity contribution in [2.24, 2.45) is 0 Å². The maximum Gasteiger partial charge on any atom is 0.349 e. The van der Waals surface area contributed by atoms with Crippen molar-refractivity contribution in [2.75, 3.05) is 13.2 Å². The van der Waals surface area contributed by atoms with Crippen LogP contribution in [0.25, 0.3) is 0 Å². The molecule has 0 bridgehead atoms. The number of hydrogen-bond acceptors (Lipinski definition) is 6. The average Bonchev–Trinajstić information content (AvgIpc) is 2.96. The number of aryl methyl sites for hydroxylation is 2. The molecule has 0 fully saturated rings. The van der Waals surface area contributed by atoms with Crippen molar-refractivity contribution in [3.8, 4) is 23.0 Å². The van der Waals surface area contributed by atoms with E-state index in [9.17, 15) is 9.59 Å². The summed E-state index contributed by atoms with van der Waals surface area (Å²) in [5.74, 6) is 0.828. The Morgan fingerprint density at radius 1 is 0.581 bits per heavy atom. The second-order valence-electron chi connectivity index (χ2n) is 10.3. The minimum absolute atomic E-state index is 0.230. The molecule has 6 nitrogen and oxygen atoms in total. The summed E-state index contributed by atoms with van der Waals surface area (Å²) in [5, 5.41) is 0. The summed E-state index contributed by atoms with van der Waals surface area (Å²) in [6.07, 6.45) is 0. The highest BCUT2D eigenvalue weighted by Gasteiger charge is 2.28. The lowest BCUT2D eigenvalue weighted by molar-refractivity contribution is -0.137. The Morgan fingerprint density at radius 2 is 0.884 bits per heavy atom. The summed E-state index contributed by atoms with van der Waals surface area (Å²) < 4.78 is 24.7. The van der Waals surface area contributed by atoms with Gasteiger partial charge in [0.1, 0.15) is 11.5 Å². The second-order valence-corrected chi connectivity index (χ2v) is 13.7. The van der Waals surface area contributed by atoms with Gasteiger partial charge in [-0.1, -0.05) is 49.2 Å². The highest BCUT2D eigenvalue weighted by atomic mass is 79.9. The van der Waals surface area contributed by atoms with Crippen molar-refractivity contribution in [3.05, 3.63) is 113 Å². The van der Waals surface area contributed by atoms with Crippen molar-refractivity contribution >= 4 is 75.7 Å². The fourth-order valence-electron chi connectivity index (χ4n) is 4.04. The van der Waals surface area contributed by atoms with Crippen molar-refractivity contribution in [3.63, 3.8) is 0 Å². The molecular formula is C33H28Br4O6. The molecule has 0 aliphatic carbocycles. The molecule has 4 aromatic carbocycles. The van der Waals surface area contributed by atoms with Crippen LogP contribution in [-0.2, 0) is 15.0 Å². The van der Waals surface area contributed by atoms with Crippen LogP contribution in [-0.4, -0.2) is 25.2 Å². The van der Waals surface area contributed by atoms with Gasteiger partial charge < -0.3 is 18.9 Å². The highest BCUT2D eigenvalue weighted by molar-refractivity contribution is 9.11. The van der Waals surface area contributed by atoms with Gasteiger partial charge in [-0.05, 0) is 137 Å². The van der Waals surface area contributed by atoms with Gasteiger partial charge in [0.25, 0.3) is 0 Å². The lowest BCUT2D eigenvalue weighted by Crippen LogP contribution is -2.21. The summed E-state index contributed by atoms with van der Waals surface area (Å²) in [5.41, 5.74) is 3.59. The standard InChI is InChI=1S/C33H28Br4O6/c1-19-5-9-23(10-6-19)40-17-29(38)42-31-25(34)13-21(14-26(31)35)33(3,4)22-15-27(36)32(28(37)16-22)43-30(39)18-41-24-11-7-20(2)8-12-24/h5-16H,17-18H2,1-4H3. The molecule has 0 aliphatic rings. The van der Waals surface area contributed by atoms with E-state index in [1.807, 2.05) is 62.4 Å². The lowest BCUT2D eigenvalue weighted by Gasteiger charge is -2.28. The first kappa shape index (κ1) is 33.2. The smallest absolute Gasteiger partial charge is 0.349 e. The highest BCUT2D eigenvalue weighted by Crippen LogP contribution is 2.44. The number of carbonyl (C=O) groups excluding carboxylic acids is 2. The molecule has 0 heterocycles. The Labute approximate surface area is 284 Å². The van der Waals surface area contributed by atoms with Crippen molar-refractivity contribution in [2.45, 2.75) is 33.1 Å². The zero-order valence-corrected chi connectivity index (χ0v) is 30.1. The number of esters is 2. The molecule has 4 aromatic rings. The monoisotopic (exact) mass is 836 g/mol. The molecule has 10 heteroatoms. The van der Waals surface area contributed by atoms with Crippen LogP contribution in [0.2, 0.25) is 0 Å². The Bertz CT molecular complexity index is 1470. The topological polar surface area (TPSA) is 71.1 Å². The zero-order chi connectivity index (χ0) is 31.3. The summed E-state index contributed by atoms with van der Waals surface area (Å²) in [6, 6.07) is 22.5. The Hall–Kier alpha value is -2.66. The van der Waals surface area contributed by atoms with E-state index in [0.29, 0.717) is 40.9 Å². The van der Waals surface area contributed by atoms with Gasteiger partial charge in [0.2, 0.25) is 0 Å². The normalized spacial score (nSPS) is 11.2. The fourth-order valence-corrected chi connectivity index (χ4v) is 6.74. The van der Waals surface area contributed by atoms with E-state index in [1.54, 1.807) is 24.3 Å². The minimum atomic E-state index is -0.531. The number of ether oxygens (including phenoxy) is 4. The summed E-state index contributed by atoms with van der Waals surface area (Å²) >= 11 is 14.2. The van der Waals surface area contributed by atoms with E-state index in [-0.39, 0.29) is 13.2 Å². The van der Waals surface area contributed by atoms with Crippen molar-refractivity contribution in [1.29, 1.82) is 0 Å². The molecule has 0 aromatic heterocycles. The maximum atomic E-state index is 12.5. The number of hydrogen-bond donors (Lipinski definition) is 0. The maximum absolute atomic E-state index is 12.5. The van der Waals surface area contributed by atoms with Crippen LogP contribution >= 0.6 is 63.7 Å². The third kappa shape index (κ3) is 8.71. The molecule has 0 amide bonds. The Kier molecular flexibility index (Phi) is 11.1. The molecule has 0 N–H and O–H groups in total. The fraction of sp³-hybridized carbons (Fsp3) is 0.212. The molecule has 0 atom stereocenters. The van der Waals surface area contributed by atoms with Crippen molar-refractivity contribution in [1.82, 2.24) is 0 Å². The Morgan fingerprint density at radius 3 is 1.19 bits per heavy atom. The molecule has 224 valence electrons. The molecular weight excluding hydrogens is 812 g/mol. The van der Waals surface area contributed by atoms with Gasteiger partial charge in [0, 0.05) is 5.41 Å². The summed E-state index contributed by atoms with van der Waals surface area (Å²) in [7, 11) is 0. The van der Waals surface area contributed by atoms with Gasteiger partial charge in [-0.15, -0.1) is 0 Å². The van der Waals surface area contributed by atoms with Gasteiger partial charge >= 0.3 is 11.9 Å². The zero-order valence-electron chi connectivity index (χ0n) is 23.8. The number of carbonyl (C=O) groups is 2. The van der Waals surface area contributed by atoms with Gasteiger partial charge in [-0.25, -0.2) is 9.59 Å². The first-order valence-corrected chi connectivity index (χ1v) is 16.3. The second kappa shape index (κ2) is 14.4. The first-order chi connectivity index (χ1) is 20.3. The minimum Gasteiger partial charge on any atom is -0.482 e. The van der Waals surface area contributed by atoms with Crippen LogP contribution < -0.4 is 18.9 Å². The molecule has 0 unspecified atom stereocenters. The van der Waals surface area contributed by atoms with Crippen molar-refractivity contribution < 1.29 is 28.5 Å². The van der Waals surface area contributed by atoms with E-state index < -0.39 is 17.4 Å². The quantitative estimate of drug-likeness (QED) is 0.117. The Balaban J connectivity index is 1.45. The predicted octanol–water partition coefficient (Wildman–Crippen LogP) is 9.65. The molecule has 0 spiro atoms. The third-order valence-electron chi connectivity index (χ3n) is 6.63. The number of halogens is 4. The van der Waals surface area contributed by atoms with Gasteiger partial charge in [0.05, 0.1) is 17.9 Å². The number of rotatable bonds is 10. The molecule has 4 rings (SSSR count). The lowest BCUT2D eigenvalue weighted by atomic mass is 9.78. The van der Waals surface area contributed by atoms with Crippen LogP contribution in [0.3, 0.4) is 0 Å². The molecule has 43 heavy (non-hydrogen) atoms. The molecule has 0 aliphatic heterocycles. The van der Waals surface area contributed by atoms with E-state index in [4.69, 9.17) is 18.9 Å². The predicted molar refractivity (Wildman–Crippen MR) is 180 cm³/mol. The van der Waals surface area contributed by atoms with Crippen LogP contribution in [0.5, 0.6) is 23.0 Å². The largest absolute Gasteiger partial charge is 0.482 e. The van der Waals surface area contributed by atoms with Gasteiger partial charge in [0.15, 0.2) is 24.7 Å². The summed E-state index contributed by atoms with van der Waals surface area (Å²) in [4.78, 5) is 25.1. The molecule has 0 radical (unpaired) electrons. The van der Waals surface area contributed by atoms with Crippen LogP contribution in [0.15, 0.2) is 90.7 Å². The van der Waals surface area contributed by atoms with E-state index >= 15 is 0 Å². The van der Waals surface area contributed by atoms with Gasteiger partial charge in [-0.3, -0.25) is 0 Å². The van der Waals surface area contributed by atoms with Crippen LogP contribution in [0.4, 0.5) is 0 Å². The molecule has 0 saturated heterocycles. The van der Waals surface area contributed by atoms with E-state index in [0.717, 1.165) is 22.3 Å². The number of benzene rings is 4.